The summed E-state index contributed by atoms with van der Waals surface area (Å²) in [6.45, 7) is 0. The van der Waals surface area contributed by atoms with E-state index in [1.165, 1.54) is 19.2 Å². The van der Waals surface area contributed by atoms with Crippen LogP contribution >= 0.6 is 12.4 Å². The highest BCUT2D eigenvalue weighted by atomic mass is 35.5. The van der Waals surface area contributed by atoms with Gasteiger partial charge in [0, 0.05) is 23.0 Å². The van der Waals surface area contributed by atoms with Crippen LogP contribution in [0, 0.1) is 5.82 Å². The maximum absolute atomic E-state index is 13.7. The highest BCUT2D eigenvalue weighted by molar-refractivity contribution is 5.87. The Kier molecular flexibility index (Phi) is 4.79. The lowest BCUT2D eigenvalue weighted by Gasteiger charge is -2.30. The number of carbonyl (C=O) groups is 1. The predicted octanol–water partition coefficient (Wildman–Crippen LogP) is 3.51. The Hall–Kier alpha value is -2.37. The zero-order valence-corrected chi connectivity index (χ0v) is 14.4. The summed E-state index contributed by atoms with van der Waals surface area (Å²) < 4.78 is 18.6. The van der Waals surface area contributed by atoms with E-state index in [2.05, 4.69) is 10.3 Å². The molecule has 2 N–H and O–H groups in total. The quantitative estimate of drug-likeness (QED) is 0.688. The molecule has 4 nitrogen and oxygen atoms in total. The van der Waals surface area contributed by atoms with Crippen molar-refractivity contribution in [2.75, 3.05) is 7.11 Å². The number of benzene rings is 2. The second kappa shape index (κ2) is 6.86. The fourth-order valence-corrected chi connectivity index (χ4v) is 3.48. The summed E-state index contributed by atoms with van der Waals surface area (Å²) >= 11 is 0. The highest BCUT2D eigenvalue weighted by Gasteiger charge is 2.34. The molecule has 1 aromatic heterocycles. The van der Waals surface area contributed by atoms with E-state index in [4.69, 9.17) is 4.74 Å². The van der Waals surface area contributed by atoms with Crippen molar-refractivity contribution in [3.05, 3.63) is 71.2 Å². The number of rotatable bonds is 2. The topological polar surface area (TPSA) is 54.1 Å². The lowest BCUT2D eigenvalue weighted by Crippen LogP contribution is -2.45. The minimum atomic E-state index is -0.463. The van der Waals surface area contributed by atoms with Crippen LogP contribution in [0.5, 0.6) is 0 Å². The van der Waals surface area contributed by atoms with Crippen molar-refractivity contribution in [2.45, 2.75) is 18.5 Å². The number of aromatic nitrogens is 1. The van der Waals surface area contributed by atoms with E-state index in [9.17, 15) is 9.18 Å². The standard InChI is InChI=1S/C19H17FN2O2.ClH/c1-24-19(23)16-10-14-13-7-2-3-8-15(13)21-18(14)17(22-16)11-5-4-6-12(20)9-11;/h2-9,16-17,21-22H,10H2,1H3;1H. The monoisotopic (exact) mass is 360 g/mol. The molecule has 0 saturated carbocycles. The van der Waals surface area contributed by atoms with Gasteiger partial charge in [-0.3, -0.25) is 10.1 Å². The van der Waals surface area contributed by atoms with E-state index in [0.29, 0.717) is 6.42 Å². The molecule has 0 radical (unpaired) electrons. The van der Waals surface area contributed by atoms with Crippen LogP contribution in [-0.4, -0.2) is 24.1 Å². The summed E-state index contributed by atoms with van der Waals surface area (Å²) in [6.07, 6.45) is 0.540. The molecule has 2 aromatic carbocycles. The maximum atomic E-state index is 13.7. The number of methoxy groups -OCH3 is 1. The first-order valence-electron chi connectivity index (χ1n) is 7.86. The number of para-hydroxylation sites is 1. The van der Waals surface area contributed by atoms with Gasteiger partial charge in [-0.2, -0.15) is 0 Å². The zero-order chi connectivity index (χ0) is 16.7. The Morgan fingerprint density at radius 1 is 1.20 bits per heavy atom. The number of halogens is 2. The van der Waals surface area contributed by atoms with Gasteiger partial charge in [-0.25, -0.2) is 4.39 Å². The highest BCUT2D eigenvalue weighted by Crippen LogP contribution is 2.35. The Morgan fingerprint density at radius 3 is 2.76 bits per heavy atom. The van der Waals surface area contributed by atoms with Crippen molar-refractivity contribution in [1.29, 1.82) is 0 Å². The van der Waals surface area contributed by atoms with Gasteiger partial charge < -0.3 is 9.72 Å². The SMILES string of the molecule is COC(=O)C1Cc2c([nH]c3ccccc23)C(c2cccc(F)c2)N1.Cl. The van der Waals surface area contributed by atoms with E-state index in [0.717, 1.165) is 27.7 Å². The van der Waals surface area contributed by atoms with Crippen LogP contribution < -0.4 is 5.32 Å². The van der Waals surface area contributed by atoms with Crippen molar-refractivity contribution >= 4 is 29.3 Å². The third-order valence-corrected chi connectivity index (χ3v) is 4.58. The van der Waals surface area contributed by atoms with Gasteiger partial charge in [0.15, 0.2) is 0 Å². The molecular weight excluding hydrogens is 343 g/mol. The molecule has 2 unspecified atom stereocenters. The Labute approximate surface area is 150 Å². The Balaban J connectivity index is 0.00000182. The minimum absolute atomic E-state index is 0. The molecule has 4 rings (SSSR count). The molecule has 0 saturated heterocycles. The molecule has 0 bridgehead atoms. The van der Waals surface area contributed by atoms with Gasteiger partial charge in [-0.15, -0.1) is 12.4 Å². The van der Waals surface area contributed by atoms with Crippen molar-refractivity contribution in [3.63, 3.8) is 0 Å². The third kappa shape index (κ3) is 3.01. The molecule has 25 heavy (non-hydrogen) atoms. The Morgan fingerprint density at radius 2 is 2.00 bits per heavy atom. The summed E-state index contributed by atoms with van der Waals surface area (Å²) in [4.78, 5) is 15.5. The number of carbonyl (C=O) groups excluding carboxylic acids is 1. The first kappa shape index (κ1) is 17.5. The summed E-state index contributed by atoms with van der Waals surface area (Å²) in [5.74, 6) is -0.612. The normalized spacial score (nSPS) is 19.1. The predicted molar refractivity (Wildman–Crippen MR) is 96.4 cm³/mol. The first-order chi connectivity index (χ1) is 11.7. The molecule has 0 amide bonds. The molecule has 1 aliphatic heterocycles. The van der Waals surface area contributed by atoms with Crippen LogP contribution in [0.3, 0.4) is 0 Å². The summed E-state index contributed by atoms with van der Waals surface area (Å²) in [5.41, 5.74) is 3.84. The van der Waals surface area contributed by atoms with Crippen molar-refractivity contribution in [1.82, 2.24) is 10.3 Å². The maximum Gasteiger partial charge on any atom is 0.323 e. The smallest absolute Gasteiger partial charge is 0.323 e. The summed E-state index contributed by atoms with van der Waals surface area (Å²) in [5, 5.41) is 4.38. The molecule has 3 aromatic rings. The molecule has 2 heterocycles. The van der Waals surface area contributed by atoms with E-state index in [1.807, 2.05) is 30.3 Å². The Bertz CT molecular complexity index is 925. The van der Waals surface area contributed by atoms with Crippen LogP contribution in [0.4, 0.5) is 4.39 Å². The third-order valence-electron chi connectivity index (χ3n) is 4.58. The summed E-state index contributed by atoms with van der Waals surface area (Å²) in [6, 6.07) is 13.7. The molecular formula is C19H18ClFN2O2. The van der Waals surface area contributed by atoms with Gasteiger partial charge in [0.2, 0.25) is 0 Å². The molecule has 2 atom stereocenters. The van der Waals surface area contributed by atoms with Gasteiger partial charge in [0.25, 0.3) is 0 Å². The van der Waals surface area contributed by atoms with Gasteiger partial charge in [0.05, 0.1) is 13.2 Å². The largest absolute Gasteiger partial charge is 0.468 e. The number of nitrogens with one attached hydrogen (secondary N) is 2. The number of fused-ring (bicyclic) bond motifs is 3. The van der Waals surface area contributed by atoms with Gasteiger partial charge >= 0.3 is 5.97 Å². The summed E-state index contributed by atoms with van der Waals surface area (Å²) in [7, 11) is 1.38. The van der Waals surface area contributed by atoms with Crippen LogP contribution in [0.25, 0.3) is 10.9 Å². The van der Waals surface area contributed by atoms with Crippen LogP contribution in [0.15, 0.2) is 48.5 Å². The fraction of sp³-hybridized carbons (Fsp3) is 0.211. The van der Waals surface area contributed by atoms with Gasteiger partial charge in [-0.05, 0) is 29.3 Å². The first-order valence-corrected chi connectivity index (χ1v) is 7.86. The lowest BCUT2D eigenvalue weighted by molar-refractivity contribution is -0.143. The number of hydrogen-bond donors (Lipinski definition) is 2. The molecule has 0 aliphatic carbocycles. The molecule has 6 heteroatoms. The fourth-order valence-electron chi connectivity index (χ4n) is 3.48. The van der Waals surface area contributed by atoms with Gasteiger partial charge in [0.1, 0.15) is 11.9 Å². The molecule has 0 spiro atoms. The second-order valence-corrected chi connectivity index (χ2v) is 6.00. The molecule has 130 valence electrons. The molecule has 1 aliphatic rings. The number of esters is 1. The van der Waals surface area contributed by atoms with Crippen LogP contribution in [0.2, 0.25) is 0 Å². The number of aromatic amines is 1. The number of H-pyrrole nitrogens is 1. The van der Waals surface area contributed by atoms with E-state index < -0.39 is 6.04 Å². The van der Waals surface area contributed by atoms with Crippen molar-refractivity contribution in [2.24, 2.45) is 0 Å². The van der Waals surface area contributed by atoms with E-state index in [1.54, 1.807) is 6.07 Å². The van der Waals surface area contributed by atoms with Crippen LogP contribution in [-0.2, 0) is 16.0 Å². The zero-order valence-electron chi connectivity index (χ0n) is 13.6. The van der Waals surface area contributed by atoms with Gasteiger partial charge in [-0.1, -0.05) is 30.3 Å². The number of hydrogen-bond acceptors (Lipinski definition) is 3. The average molecular weight is 361 g/mol. The van der Waals surface area contributed by atoms with Crippen LogP contribution in [0.1, 0.15) is 22.9 Å². The second-order valence-electron chi connectivity index (χ2n) is 6.00. The average Bonchev–Trinajstić information content (AvgIpc) is 2.99. The lowest BCUT2D eigenvalue weighted by atomic mass is 9.90. The minimum Gasteiger partial charge on any atom is -0.468 e. The number of ether oxygens (including phenoxy) is 1. The van der Waals surface area contributed by atoms with Crippen molar-refractivity contribution < 1.29 is 13.9 Å². The van der Waals surface area contributed by atoms with E-state index in [-0.39, 0.29) is 30.2 Å². The van der Waals surface area contributed by atoms with Crippen molar-refractivity contribution in [3.8, 4) is 0 Å². The van der Waals surface area contributed by atoms with E-state index >= 15 is 0 Å². The molecule has 0 fully saturated rings.